The standard InChI is InChI=1S/C17H24N2O/c1-4-13-7-8-14(19-12-13)11-16(18-6-3)17-10-9-15(5-2)20-17/h7-10,12,16,18H,4-6,11H2,1-3H3. The van der Waals surface area contributed by atoms with Gasteiger partial charge >= 0.3 is 0 Å². The molecule has 0 aliphatic rings. The molecule has 1 atom stereocenters. The van der Waals surface area contributed by atoms with Crippen molar-refractivity contribution in [2.45, 2.75) is 46.1 Å². The van der Waals surface area contributed by atoms with Gasteiger partial charge in [-0.2, -0.15) is 0 Å². The quantitative estimate of drug-likeness (QED) is 0.835. The molecular formula is C17H24N2O. The van der Waals surface area contributed by atoms with Gasteiger partial charge in [-0.15, -0.1) is 0 Å². The van der Waals surface area contributed by atoms with E-state index >= 15 is 0 Å². The monoisotopic (exact) mass is 272 g/mol. The topological polar surface area (TPSA) is 38.1 Å². The number of hydrogen-bond acceptors (Lipinski definition) is 3. The Morgan fingerprint density at radius 1 is 1.10 bits per heavy atom. The minimum Gasteiger partial charge on any atom is -0.464 e. The van der Waals surface area contributed by atoms with E-state index in [0.29, 0.717) is 0 Å². The summed E-state index contributed by atoms with van der Waals surface area (Å²) in [6.07, 6.45) is 4.79. The van der Waals surface area contributed by atoms with E-state index in [1.165, 1.54) is 5.56 Å². The second kappa shape index (κ2) is 7.25. The Bertz CT molecular complexity index is 516. The van der Waals surface area contributed by atoms with E-state index in [2.05, 4.69) is 55.3 Å². The Labute approximate surface area is 121 Å². The van der Waals surface area contributed by atoms with Gasteiger partial charge in [-0.05, 0) is 36.7 Å². The highest BCUT2D eigenvalue weighted by atomic mass is 16.3. The molecule has 0 radical (unpaired) electrons. The third-order valence-corrected chi connectivity index (χ3v) is 3.53. The van der Waals surface area contributed by atoms with Crippen LogP contribution in [0.5, 0.6) is 0 Å². The Morgan fingerprint density at radius 3 is 2.50 bits per heavy atom. The normalized spacial score (nSPS) is 12.6. The van der Waals surface area contributed by atoms with Crippen LogP contribution in [0.15, 0.2) is 34.9 Å². The van der Waals surface area contributed by atoms with E-state index in [1.807, 2.05) is 6.20 Å². The van der Waals surface area contributed by atoms with E-state index in [9.17, 15) is 0 Å². The predicted octanol–water partition coefficient (Wildman–Crippen LogP) is 3.69. The fourth-order valence-corrected chi connectivity index (χ4v) is 2.29. The first-order valence-corrected chi connectivity index (χ1v) is 7.52. The zero-order valence-electron chi connectivity index (χ0n) is 12.6. The molecule has 0 bridgehead atoms. The SMILES string of the molecule is CCNC(Cc1ccc(CC)cn1)c1ccc(CC)o1. The molecule has 0 fully saturated rings. The van der Waals surface area contributed by atoms with Crippen molar-refractivity contribution in [3.05, 3.63) is 53.2 Å². The van der Waals surface area contributed by atoms with Gasteiger partial charge in [0.05, 0.1) is 6.04 Å². The summed E-state index contributed by atoms with van der Waals surface area (Å²) >= 11 is 0. The Balaban J connectivity index is 2.11. The molecule has 3 nitrogen and oxygen atoms in total. The molecule has 0 saturated carbocycles. The molecular weight excluding hydrogens is 248 g/mol. The molecule has 0 spiro atoms. The maximum Gasteiger partial charge on any atom is 0.121 e. The van der Waals surface area contributed by atoms with Crippen LogP contribution in [0.3, 0.4) is 0 Å². The highest BCUT2D eigenvalue weighted by Gasteiger charge is 2.15. The lowest BCUT2D eigenvalue weighted by Gasteiger charge is -2.15. The van der Waals surface area contributed by atoms with Gasteiger partial charge in [-0.25, -0.2) is 0 Å². The molecule has 2 heterocycles. The third-order valence-electron chi connectivity index (χ3n) is 3.53. The van der Waals surface area contributed by atoms with Gasteiger partial charge in [0.25, 0.3) is 0 Å². The number of rotatable bonds is 7. The summed E-state index contributed by atoms with van der Waals surface area (Å²) < 4.78 is 5.87. The molecule has 0 amide bonds. The van der Waals surface area contributed by atoms with Crippen LogP contribution >= 0.6 is 0 Å². The van der Waals surface area contributed by atoms with Crippen molar-refractivity contribution in [3.8, 4) is 0 Å². The number of furan rings is 1. The highest BCUT2D eigenvalue weighted by molar-refractivity contribution is 5.17. The van der Waals surface area contributed by atoms with Crippen LogP contribution < -0.4 is 5.32 Å². The predicted molar refractivity (Wildman–Crippen MR) is 81.8 cm³/mol. The molecule has 2 aromatic heterocycles. The fourth-order valence-electron chi connectivity index (χ4n) is 2.29. The van der Waals surface area contributed by atoms with Crippen molar-refractivity contribution in [3.63, 3.8) is 0 Å². The lowest BCUT2D eigenvalue weighted by atomic mass is 10.1. The number of pyridine rings is 1. The van der Waals surface area contributed by atoms with Crippen molar-refractivity contribution < 1.29 is 4.42 Å². The zero-order valence-corrected chi connectivity index (χ0v) is 12.6. The molecule has 0 aliphatic heterocycles. The Hall–Kier alpha value is -1.61. The minimum absolute atomic E-state index is 0.195. The second-order valence-electron chi connectivity index (χ2n) is 4.98. The summed E-state index contributed by atoms with van der Waals surface area (Å²) in [5.41, 5.74) is 2.38. The van der Waals surface area contributed by atoms with E-state index in [1.54, 1.807) is 0 Å². The van der Waals surface area contributed by atoms with Crippen LogP contribution in [0.1, 0.15) is 49.6 Å². The van der Waals surface area contributed by atoms with Crippen LogP contribution in [0.25, 0.3) is 0 Å². The number of hydrogen-bond donors (Lipinski definition) is 1. The summed E-state index contributed by atoms with van der Waals surface area (Å²) in [7, 11) is 0. The smallest absolute Gasteiger partial charge is 0.121 e. The molecule has 2 rings (SSSR count). The minimum atomic E-state index is 0.195. The van der Waals surface area contributed by atoms with Gasteiger partial charge in [-0.1, -0.05) is 26.8 Å². The van der Waals surface area contributed by atoms with Crippen LogP contribution in [0.2, 0.25) is 0 Å². The number of aromatic nitrogens is 1. The third kappa shape index (κ3) is 3.70. The fraction of sp³-hybridized carbons (Fsp3) is 0.471. The summed E-state index contributed by atoms with van der Waals surface area (Å²) in [5.74, 6) is 2.04. The summed E-state index contributed by atoms with van der Waals surface area (Å²) in [6, 6.07) is 8.61. The Morgan fingerprint density at radius 2 is 1.95 bits per heavy atom. The average Bonchev–Trinajstić information content (AvgIpc) is 2.96. The summed E-state index contributed by atoms with van der Waals surface area (Å²) in [6.45, 7) is 7.29. The summed E-state index contributed by atoms with van der Waals surface area (Å²) in [4.78, 5) is 4.54. The van der Waals surface area contributed by atoms with Gasteiger partial charge in [0.2, 0.25) is 0 Å². The van der Waals surface area contributed by atoms with Crippen molar-refractivity contribution >= 4 is 0 Å². The molecule has 0 aliphatic carbocycles. The van der Waals surface area contributed by atoms with Crippen molar-refractivity contribution in [2.75, 3.05) is 6.54 Å². The molecule has 1 N–H and O–H groups in total. The van der Waals surface area contributed by atoms with Crippen LogP contribution in [0, 0.1) is 0 Å². The van der Waals surface area contributed by atoms with Gasteiger partial charge < -0.3 is 9.73 Å². The lowest BCUT2D eigenvalue weighted by molar-refractivity contribution is 0.395. The molecule has 0 aromatic carbocycles. The van der Waals surface area contributed by atoms with Crippen molar-refractivity contribution in [2.24, 2.45) is 0 Å². The number of likely N-dealkylation sites (N-methyl/N-ethyl adjacent to an activating group) is 1. The van der Waals surface area contributed by atoms with E-state index in [4.69, 9.17) is 4.42 Å². The van der Waals surface area contributed by atoms with Gasteiger partial charge in [0.15, 0.2) is 0 Å². The van der Waals surface area contributed by atoms with E-state index < -0.39 is 0 Å². The largest absolute Gasteiger partial charge is 0.464 e. The maximum absolute atomic E-state index is 5.87. The van der Waals surface area contributed by atoms with Crippen molar-refractivity contribution in [1.82, 2.24) is 10.3 Å². The van der Waals surface area contributed by atoms with Crippen LogP contribution in [-0.2, 0) is 19.3 Å². The molecule has 2 aromatic rings. The summed E-state index contributed by atoms with van der Waals surface area (Å²) in [5, 5.41) is 3.48. The first kappa shape index (κ1) is 14.8. The average molecular weight is 272 g/mol. The number of aryl methyl sites for hydroxylation is 2. The second-order valence-corrected chi connectivity index (χ2v) is 4.98. The van der Waals surface area contributed by atoms with Crippen LogP contribution in [0.4, 0.5) is 0 Å². The van der Waals surface area contributed by atoms with E-state index in [-0.39, 0.29) is 6.04 Å². The number of nitrogens with zero attached hydrogens (tertiary/aromatic N) is 1. The van der Waals surface area contributed by atoms with Gasteiger partial charge in [0.1, 0.15) is 11.5 Å². The maximum atomic E-state index is 5.87. The lowest BCUT2D eigenvalue weighted by Crippen LogP contribution is -2.22. The molecule has 108 valence electrons. The van der Waals surface area contributed by atoms with Gasteiger partial charge in [0, 0.05) is 24.7 Å². The highest BCUT2D eigenvalue weighted by Crippen LogP contribution is 2.20. The number of nitrogens with one attached hydrogen (secondary N) is 1. The molecule has 20 heavy (non-hydrogen) atoms. The molecule has 0 saturated heterocycles. The Kier molecular flexibility index (Phi) is 5.36. The van der Waals surface area contributed by atoms with Crippen molar-refractivity contribution in [1.29, 1.82) is 0 Å². The first-order valence-electron chi connectivity index (χ1n) is 7.52. The van der Waals surface area contributed by atoms with Gasteiger partial charge in [-0.3, -0.25) is 4.98 Å². The zero-order chi connectivity index (χ0) is 14.4. The first-order chi connectivity index (χ1) is 9.76. The van der Waals surface area contributed by atoms with E-state index in [0.717, 1.165) is 43.0 Å². The van der Waals surface area contributed by atoms with Crippen LogP contribution in [-0.4, -0.2) is 11.5 Å². The molecule has 1 unspecified atom stereocenters. The molecule has 3 heteroatoms.